The first-order valence-electron chi connectivity index (χ1n) is 9.81. The first-order chi connectivity index (χ1) is 13.6. The second-order valence-electron chi connectivity index (χ2n) is 7.67. The largest absolute Gasteiger partial charge is 0.325 e. The third-order valence-electron chi connectivity index (χ3n) is 5.33. The van der Waals surface area contributed by atoms with Gasteiger partial charge in [-0.1, -0.05) is 38.1 Å². The summed E-state index contributed by atoms with van der Waals surface area (Å²) >= 11 is 0. The number of benzene rings is 2. The standard InChI is InChI=1S/C23H22N4O/c1-4-26-17-11-7-5-9-15(17)21(28)20-22(26)25-19(13-14(2)3)27-18-12-8-6-10-16(18)24-23(20)27/h5-12,14H,4,13H2,1-3H3. The number of aryl methyl sites for hydroxylation is 1. The molecule has 3 heterocycles. The van der Waals surface area contributed by atoms with Gasteiger partial charge in [-0.25, -0.2) is 9.97 Å². The Kier molecular flexibility index (Phi) is 3.72. The summed E-state index contributed by atoms with van der Waals surface area (Å²) < 4.78 is 4.21. The molecule has 0 aliphatic carbocycles. The molecule has 3 aromatic heterocycles. The Bertz CT molecular complexity index is 1430. The number of hydrogen-bond acceptors (Lipinski definition) is 3. The number of aromatic nitrogens is 4. The summed E-state index contributed by atoms with van der Waals surface area (Å²) in [4.78, 5) is 23.4. The lowest BCUT2D eigenvalue weighted by Crippen LogP contribution is -2.16. The fraction of sp³-hybridized carbons (Fsp3) is 0.261. The van der Waals surface area contributed by atoms with Crippen LogP contribution in [0.3, 0.4) is 0 Å². The van der Waals surface area contributed by atoms with Gasteiger partial charge in [0.05, 0.1) is 16.6 Å². The molecule has 0 aliphatic rings. The number of rotatable bonds is 3. The van der Waals surface area contributed by atoms with Crippen LogP contribution in [0.25, 0.3) is 38.6 Å². The monoisotopic (exact) mass is 370 g/mol. The van der Waals surface area contributed by atoms with E-state index in [1.807, 2.05) is 48.5 Å². The van der Waals surface area contributed by atoms with Gasteiger partial charge in [0, 0.05) is 18.4 Å². The van der Waals surface area contributed by atoms with Crippen LogP contribution in [-0.2, 0) is 13.0 Å². The third-order valence-corrected chi connectivity index (χ3v) is 5.33. The molecule has 2 aromatic carbocycles. The van der Waals surface area contributed by atoms with Gasteiger partial charge in [-0.3, -0.25) is 9.20 Å². The van der Waals surface area contributed by atoms with Crippen LogP contribution < -0.4 is 5.43 Å². The molecule has 5 heteroatoms. The molecule has 0 N–H and O–H groups in total. The first kappa shape index (κ1) is 16.9. The van der Waals surface area contributed by atoms with E-state index in [0.29, 0.717) is 22.3 Å². The molecule has 0 saturated heterocycles. The van der Waals surface area contributed by atoms with Crippen molar-refractivity contribution in [1.82, 2.24) is 18.9 Å². The summed E-state index contributed by atoms with van der Waals surface area (Å²) in [5, 5.41) is 1.31. The fourth-order valence-electron chi connectivity index (χ4n) is 4.15. The predicted molar refractivity (Wildman–Crippen MR) is 114 cm³/mol. The van der Waals surface area contributed by atoms with Crippen molar-refractivity contribution in [2.24, 2.45) is 5.92 Å². The minimum absolute atomic E-state index is 0.000738. The minimum Gasteiger partial charge on any atom is -0.325 e. The lowest BCUT2D eigenvalue weighted by molar-refractivity contribution is 0.617. The second-order valence-corrected chi connectivity index (χ2v) is 7.67. The Morgan fingerprint density at radius 3 is 2.39 bits per heavy atom. The smallest absolute Gasteiger partial charge is 0.202 e. The van der Waals surface area contributed by atoms with Crippen molar-refractivity contribution in [1.29, 1.82) is 0 Å². The Balaban J connectivity index is 2.10. The van der Waals surface area contributed by atoms with E-state index >= 15 is 0 Å². The van der Waals surface area contributed by atoms with Gasteiger partial charge in [-0.15, -0.1) is 0 Å². The van der Waals surface area contributed by atoms with Gasteiger partial charge in [-0.2, -0.15) is 0 Å². The molecule has 28 heavy (non-hydrogen) atoms. The van der Waals surface area contributed by atoms with Crippen LogP contribution in [0.15, 0.2) is 53.3 Å². The quantitative estimate of drug-likeness (QED) is 0.437. The lowest BCUT2D eigenvalue weighted by atomic mass is 10.1. The van der Waals surface area contributed by atoms with Gasteiger partial charge >= 0.3 is 0 Å². The van der Waals surface area contributed by atoms with Crippen LogP contribution >= 0.6 is 0 Å². The van der Waals surface area contributed by atoms with Crippen molar-refractivity contribution in [3.8, 4) is 0 Å². The van der Waals surface area contributed by atoms with Crippen LogP contribution in [-0.4, -0.2) is 18.9 Å². The van der Waals surface area contributed by atoms with Crippen molar-refractivity contribution in [2.45, 2.75) is 33.7 Å². The number of nitrogens with zero attached hydrogens (tertiary/aromatic N) is 4. The summed E-state index contributed by atoms with van der Waals surface area (Å²) in [5.41, 5.74) is 4.24. The third kappa shape index (κ3) is 2.29. The van der Waals surface area contributed by atoms with Crippen LogP contribution in [0.2, 0.25) is 0 Å². The van der Waals surface area contributed by atoms with E-state index in [2.05, 4.69) is 29.7 Å². The van der Waals surface area contributed by atoms with Gasteiger partial charge in [0.2, 0.25) is 5.43 Å². The predicted octanol–water partition coefficient (Wildman–Crippen LogP) is 4.57. The van der Waals surface area contributed by atoms with Gasteiger partial charge in [0.1, 0.15) is 16.9 Å². The topological polar surface area (TPSA) is 52.2 Å². The molecule has 140 valence electrons. The zero-order valence-electron chi connectivity index (χ0n) is 16.3. The van der Waals surface area contributed by atoms with Crippen molar-refractivity contribution >= 4 is 38.6 Å². The molecular formula is C23H22N4O. The summed E-state index contributed by atoms with van der Waals surface area (Å²) in [6.07, 6.45) is 0.817. The van der Waals surface area contributed by atoms with E-state index in [4.69, 9.17) is 9.97 Å². The van der Waals surface area contributed by atoms with E-state index in [0.717, 1.165) is 41.0 Å². The highest BCUT2D eigenvalue weighted by Gasteiger charge is 2.20. The normalized spacial score (nSPS) is 12.1. The summed E-state index contributed by atoms with van der Waals surface area (Å²) in [5.74, 6) is 1.39. The molecule has 0 aliphatic heterocycles. The SMILES string of the molecule is CCn1c2ccccc2c(=O)c2c1nc(CC(C)C)n1c3ccccc3nc21. The van der Waals surface area contributed by atoms with E-state index in [9.17, 15) is 4.79 Å². The molecule has 0 unspecified atom stereocenters. The average molecular weight is 370 g/mol. The number of pyridine rings is 1. The Labute approximate surface area is 162 Å². The van der Waals surface area contributed by atoms with Gasteiger partial charge in [-0.05, 0) is 37.1 Å². The minimum atomic E-state index is -0.000738. The van der Waals surface area contributed by atoms with E-state index in [-0.39, 0.29) is 5.43 Å². The number of hydrogen-bond donors (Lipinski definition) is 0. The number of para-hydroxylation sites is 3. The van der Waals surface area contributed by atoms with Crippen LogP contribution in [0, 0.1) is 5.92 Å². The van der Waals surface area contributed by atoms with Crippen molar-refractivity contribution < 1.29 is 0 Å². The van der Waals surface area contributed by atoms with Crippen molar-refractivity contribution in [3.05, 3.63) is 64.6 Å². The maximum Gasteiger partial charge on any atom is 0.202 e. The van der Waals surface area contributed by atoms with Gasteiger partial charge in [0.25, 0.3) is 0 Å². The molecule has 0 fully saturated rings. The number of fused-ring (bicyclic) bond motifs is 6. The Hall–Kier alpha value is -3.21. The maximum atomic E-state index is 13.5. The zero-order chi connectivity index (χ0) is 19.4. The van der Waals surface area contributed by atoms with Crippen LogP contribution in [0.5, 0.6) is 0 Å². The van der Waals surface area contributed by atoms with E-state index < -0.39 is 0 Å². The first-order valence-corrected chi connectivity index (χ1v) is 9.81. The summed E-state index contributed by atoms with van der Waals surface area (Å²) in [6.45, 7) is 7.20. The van der Waals surface area contributed by atoms with Crippen LogP contribution in [0.1, 0.15) is 26.6 Å². The van der Waals surface area contributed by atoms with E-state index in [1.165, 1.54) is 0 Å². The molecule has 0 spiro atoms. The molecule has 5 aromatic rings. The maximum absolute atomic E-state index is 13.5. The van der Waals surface area contributed by atoms with Crippen LogP contribution in [0.4, 0.5) is 0 Å². The molecule has 0 saturated carbocycles. The van der Waals surface area contributed by atoms with Crippen molar-refractivity contribution in [3.63, 3.8) is 0 Å². The molecule has 0 amide bonds. The van der Waals surface area contributed by atoms with E-state index in [1.54, 1.807) is 0 Å². The lowest BCUT2D eigenvalue weighted by Gasteiger charge is -2.16. The summed E-state index contributed by atoms with van der Waals surface area (Å²) in [6, 6.07) is 15.8. The van der Waals surface area contributed by atoms with Crippen molar-refractivity contribution in [2.75, 3.05) is 0 Å². The molecule has 0 radical (unpaired) electrons. The van der Waals surface area contributed by atoms with Gasteiger partial charge in [0.15, 0.2) is 5.65 Å². The molecule has 0 atom stereocenters. The molecule has 5 nitrogen and oxygen atoms in total. The molecular weight excluding hydrogens is 348 g/mol. The zero-order valence-corrected chi connectivity index (χ0v) is 16.3. The Morgan fingerprint density at radius 2 is 1.64 bits per heavy atom. The number of imidazole rings is 1. The second kappa shape index (κ2) is 6.16. The Morgan fingerprint density at radius 1 is 0.929 bits per heavy atom. The highest BCUT2D eigenvalue weighted by atomic mass is 16.1. The highest BCUT2D eigenvalue weighted by Crippen LogP contribution is 2.26. The summed E-state index contributed by atoms with van der Waals surface area (Å²) in [7, 11) is 0. The van der Waals surface area contributed by atoms with Gasteiger partial charge < -0.3 is 4.57 Å². The highest BCUT2D eigenvalue weighted by molar-refractivity contribution is 6.01. The fourth-order valence-corrected chi connectivity index (χ4v) is 4.15. The average Bonchev–Trinajstić information content (AvgIpc) is 3.07. The molecule has 5 rings (SSSR count). The molecule has 0 bridgehead atoms.